The number of benzene rings is 2. The summed E-state index contributed by atoms with van der Waals surface area (Å²) in [7, 11) is 3.07. The Morgan fingerprint density at radius 1 is 1.06 bits per heavy atom. The van der Waals surface area contributed by atoms with Crippen LogP contribution < -0.4 is 20.1 Å². The number of nitrogens with zero attached hydrogens (tertiary/aromatic N) is 1. The first-order chi connectivity index (χ1) is 15.2. The molecule has 0 atom stereocenters. The molecule has 0 heterocycles. The zero-order valence-electron chi connectivity index (χ0n) is 17.4. The van der Waals surface area contributed by atoms with Crippen molar-refractivity contribution < 1.29 is 37.1 Å². The van der Waals surface area contributed by atoms with E-state index in [0.29, 0.717) is 24.5 Å². The number of methoxy groups -OCH3 is 2. The minimum Gasteiger partial charge on any atom is -0.493 e. The first-order valence-electron chi connectivity index (χ1n) is 9.34. The maximum absolute atomic E-state index is 12.7. The van der Waals surface area contributed by atoms with Crippen molar-refractivity contribution in [1.29, 1.82) is 0 Å². The van der Waals surface area contributed by atoms with E-state index in [1.807, 2.05) is 6.07 Å². The monoisotopic (exact) mass is 453 g/mol. The second-order valence-electron chi connectivity index (χ2n) is 6.37. The van der Waals surface area contributed by atoms with E-state index in [0.717, 1.165) is 23.9 Å². The lowest BCUT2D eigenvalue weighted by molar-refractivity contribution is -0.137. The highest BCUT2D eigenvalue weighted by Crippen LogP contribution is 2.30. The third kappa shape index (κ3) is 7.82. The van der Waals surface area contributed by atoms with Crippen LogP contribution in [-0.2, 0) is 27.0 Å². The fourth-order valence-corrected chi connectivity index (χ4v) is 2.56. The molecule has 11 heteroatoms. The highest BCUT2D eigenvalue weighted by atomic mass is 19.4. The number of halogens is 3. The van der Waals surface area contributed by atoms with Crippen LogP contribution in [0.5, 0.6) is 11.5 Å². The fourth-order valence-electron chi connectivity index (χ4n) is 2.56. The Bertz CT molecular complexity index is 964. The van der Waals surface area contributed by atoms with Crippen LogP contribution in [0.4, 0.5) is 18.9 Å². The molecule has 0 aliphatic carbocycles. The van der Waals surface area contributed by atoms with Gasteiger partial charge in [-0.15, -0.1) is 0 Å². The van der Waals surface area contributed by atoms with Crippen LogP contribution in [0.1, 0.15) is 11.1 Å². The second kappa shape index (κ2) is 11.6. The number of hydrogen-bond acceptors (Lipinski definition) is 6. The molecule has 0 unspecified atom stereocenters. The van der Waals surface area contributed by atoms with Crippen LogP contribution >= 0.6 is 0 Å². The Hall–Kier alpha value is -3.76. The van der Waals surface area contributed by atoms with Gasteiger partial charge in [0.15, 0.2) is 18.1 Å². The summed E-state index contributed by atoms with van der Waals surface area (Å²) >= 11 is 0. The summed E-state index contributed by atoms with van der Waals surface area (Å²) in [6.07, 6.45) is -3.27. The van der Waals surface area contributed by atoms with Crippen molar-refractivity contribution in [1.82, 2.24) is 5.32 Å². The van der Waals surface area contributed by atoms with Gasteiger partial charge in [-0.3, -0.25) is 9.59 Å². The number of amides is 2. The standard InChI is InChI=1S/C21H22F3N3O5/c1-30-17-7-6-14(10-18(17)31-2)8-9-25-20(29)13-32-26-12-19(28)27-16-5-3-4-15(11-16)21(22,23)24/h3-7,10-12H,8-9,13H2,1-2H3,(H,25,29)(H,27,28). The SMILES string of the molecule is COc1ccc(CCNC(=O)CON=CC(=O)Nc2cccc(C(F)(F)F)c2)cc1OC. The van der Waals surface area contributed by atoms with Gasteiger partial charge in [0.25, 0.3) is 11.8 Å². The average molecular weight is 453 g/mol. The first kappa shape index (κ1) is 24.5. The highest BCUT2D eigenvalue weighted by Gasteiger charge is 2.30. The Kier molecular flexibility index (Phi) is 8.87. The van der Waals surface area contributed by atoms with E-state index in [2.05, 4.69) is 15.8 Å². The molecule has 0 fully saturated rings. The predicted molar refractivity (Wildman–Crippen MR) is 111 cm³/mol. The van der Waals surface area contributed by atoms with Crippen LogP contribution in [0.25, 0.3) is 0 Å². The number of alkyl halides is 3. The van der Waals surface area contributed by atoms with E-state index < -0.39 is 30.2 Å². The molecule has 32 heavy (non-hydrogen) atoms. The first-order valence-corrected chi connectivity index (χ1v) is 9.34. The van der Waals surface area contributed by atoms with Crippen molar-refractivity contribution in [3.05, 3.63) is 53.6 Å². The highest BCUT2D eigenvalue weighted by molar-refractivity contribution is 6.31. The molecule has 0 saturated heterocycles. The van der Waals surface area contributed by atoms with Crippen LogP contribution in [0.15, 0.2) is 47.6 Å². The van der Waals surface area contributed by atoms with E-state index in [4.69, 9.17) is 14.3 Å². The minimum absolute atomic E-state index is 0.0517. The summed E-state index contributed by atoms with van der Waals surface area (Å²) in [5, 5.41) is 8.19. The molecule has 2 amide bonds. The molecule has 0 aromatic heterocycles. The number of nitrogens with one attached hydrogen (secondary N) is 2. The predicted octanol–water partition coefficient (Wildman–Crippen LogP) is 3.02. The fraction of sp³-hybridized carbons (Fsp3) is 0.286. The summed E-state index contributed by atoms with van der Waals surface area (Å²) in [6.45, 7) is -0.101. The molecule has 2 aromatic carbocycles. The molecule has 2 rings (SSSR count). The van der Waals surface area contributed by atoms with Crippen molar-refractivity contribution in [3.8, 4) is 11.5 Å². The Morgan fingerprint density at radius 3 is 2.50 bits per heavy atom. The minimum atomic E-state index is -4.52. The van der Waals surface area contributed by atoms with E-state index in [-0.39, 0.29) is 5.69 Å². The van der Waals surface area contributed by atoms with E-state index >= 15 is 0 Å². The Morgan fingerprint density at radius 2 is 1.81 bits per heavy atom. The summed E-state index contributed by atoms with van der Waals surface area (Å²) in [5.41, 5.74) is -0.0226. The van der Waals surface area contributed by atoms with Gasteiger partial charge in [0.05, 0.1) is 19.8 Å². The molecule has 0 aliphatic heterocycles. The van der Waals surface area contributed by atoms with Gasteiger partial charge in [-0.2, -0.15) is 13.2 Å². The average Bonchev–Trinajstić information content (AvgIpc) is 2.76. The number of hydrogen-bond donors (Lipinski definition) is 2. The smallest absolute Gasteiger partial charge is 0.416 e. The summed E-state index contributed by atoms with van der Waals surface area (Å²) in [4.78, 5) is 28.2. The molecule has 0 spiro atoms. The van der Waals surface area contributed by atoms with Crippen molar-refractivity contribution in [2.45, 2.75) is 12.6 Å². The van der Waals surface area contributed by atoms with Crippen molar-refractivity contribution in [2.75, 3.05) is 32.7 Å². The molecule has 2 N–H and O–H groups in total. The Balaban J connectivity index is 1.71. The molecular formula is C21H22F3N3O5. The molecule has 0 saturated carbocycles. The van der Waals surface area contributed by atoms with Gasteiger partial charge in [-0.05, 0) is 42.3 Å². The quantitative estimate of drug-likeness (QED) is 0.426. The third-order valence-corrected chi connectivity index (χ3v) is 4.08. The van der Waals surface area contributed by atoms with Gasteiger partial charge in [-0.25, -0.2) is 0 Å². The molecular weight excluding hydrogens is 431 g/mol. The van der Waals surface area contributed by atoms with Crippen LogP contribution in [0.3, 0.4) is 0 Å². The number of oxime groups is 1. The van der Waals surface area contributed by atoms with Crippen molar-refractivity contribution in [2.24, 2.45) is 5.16 Å². The van der Waals surface area contributed by atoms with Gasteiger partial charge in [0, 0.05) is 12.2 Å². The summed E-state index contributed by atoms with van der Waals surface area (Å²) in [6, 6.07) is 9.55. The largest absolute Gasteiger partial charge is 0.493 e. The molecule has 0 aliphatic rings. The molecule has 172 valence electrons. The third-order valence-electron chi connectivity index (χ3n) is 4.08. The maximum Gasteiger partial charge on any atom is 0.416 e. The van der Waals surface area contributed by atoms with E-state index in [9.17, 15) is 22.8 Å². The van der Waals surface area contributed by atoms with Crippen LogP contribution in [0, 0.1) is 0 Å². The molecule has 8 nitrogen and oxygen atoms in total. The second-order valence-corrected chi connectivity index (χ2v) is 6.37. The van der Waals surface area contributed by atoms with E-state index in [1.165, 1.54) is 26.4 Å². The van der Waals surface area contributed by atoms with Gasteiger partial charge in [-0.1, -0.05) is 17.3 Å². The lowest BCUT2D eigenvalue weighted by Gasteiger charge is -2.10. The molecule has 0 radical (unpaired) electrons. The molecule has 0 bridgehead atoms. The topological polar surface area (TPSA) is 98.3 Å². The van der Waals surface area contributed by atoms with E-state index in [1.54, 1.807) is 12.1 Å². The van der Waals surface area contributed by atoms with Gasteiger partial charge in [0.1, 0.15) is 6.21 Å². The van der Waals surface area contributed by atoms with Crippen molar-refractivity contribution >= 4 is 23.7 Å². The summed E-state index contributed by atoms with van der Waals surface area (Å²) in [5.74, 6) is -0.0832. The number of anilines is 1. The zero-order valence-corrected chi connectivity index (χ0v) is 17.4. The number of carbonyl (C=O) groups excluding carboxylic acids is 2. The number of rotatable bonds is 10. The lowest BCUT2D eigenvalue weighted by atomic mass is 10.1. The van der Waals surface area contributed by atoms with Crippen LogP contribution in [-0.4, -0.2) is 45.4 Å². The normalized spacial score (nSPS) is 11.2. The Labute approximate surface area is 182 Å². The van der Waals surface area contributed by atoms with Gasteiger partial charge >= 0.3 is 6.18 Å². The van der Waals surface area contributed by atoms with Gasteiger partial charge < -0.3 is 24.9 Å². The zero-order chi connectivity index (χ0) is 23.6. The number of carbonyl (C=O) groups is 2. The lowest BCUT2D eigenvalue weighted by Crippen LogP contribution is -2.29. The molecule has 2 aromatic rings. The van der Waals surface area contributed by atoms with Gasteiger partial charge in [0.2, 0.25) is 0 Å². The number of ether oxygens (including phenoxy) is 2. The summed E-state index contributed by atoms with van der Waals surface area (Å²) < 4.78 is 48.4. The van der Waals surface area contributed by atoms with Crippen LogP contribution in [0.2, 0.25) is 0 Å². The van der Waals surface area contributed by atoms with Crippen molar-refractivity contribution in [3.63, 3.8) is 0 Å². The maximum atomic E-state index is 12.7.